The van der Waals surface area contributed by atoms with Crippen molar-refractivity contribution in [2.45, 2.75) is 0 Å². The van der Waals surface area contributed by atoms with Gasteiger partial charge in [-0.2, -0.15) is 0 Å². The van der Waals surface area contributed by atoms with E-state index < -0.39 is 48.3 Å². The number of nitrogens with zero attached hydrogens (tertiary/aromatic N) is 4. The molecule has 0 saturated carbocycles. The molecule has 3 aromatic rings. The lowest BCUT2D eigenvalue weighted by atomic mass is 9.99. The number of nitro groups is 4. The molecule has 33 heavy (non-hydrogen) atoms. The number of halogens is 1. The molecule has 0 spiro atoms. The van der Waals surface area contributed by atoms with Crippen molar-refractivity contribution in [3.63, 3.8) is 0 Å². The van der Waals surface area contributed by atoms with Crippen LogP contribution in [0.25, 0.3) is 22.8 Å². The van der Waals surface area contributed by atoms with E-state index in [9.17, 15) is 44.8 Å². The summed E-state index contributed by atoms with van der Waals surface area (Å²) in [6.45, 7) is 0. The summed E-state index contributed by atoms with van der Waals surface area (Å²) < 4.78 is 14.3. The van der Waals surface area contributed by atoms with E-state index in [1.165, 1.54) is 24.3 Å². The largest absolute Gasteiger partial charge is 0.284 e. The molecule has 0 saturated heterocycles. The van der Waals surface area contributed by atoms with Crippen LogP contribution in [0.4, 0.5) is 27.1 Å². The zero-order chi connectivity index (χ0) is 24.0. The predicted molar refractivity (Wildman–Crippen MR) is 112 cm³/mol. The molecule has 0 bridgehead atoms. The Morgan fingerprint density at radius 2 is 1.12 bits per heavy atom. The molecule has 4 rings (SSSR count). The Balaban J connectivity index is 2.21. The van der Waals surface area contributed by atoms with Gasteiger partial charge >= 0.3 is 0 Å². The van der Waals surface area contributed by atoms with Crippen molar-refractivity contribution in [2.75, 3.05) is 0 Å². The minimum atomic E-state index is -0.938. The fourth-order valence-electron chi connectivity index (χ4n) is 3.72. The smallest absolute Gasteiger partial charge is 0.258 e. The van der Waals surface area contributed by atoms with Gasteiger partial charge in [0.15, 0.2) is 0 Å². The minimum Gasteiger partial charge on any atom is -0.258 e. The topological polar surface area (TPSA) is 173 Å². The first kappa shape index (κ1) is 21.2. The molecule has 3 aromatic carbocycles. The van der Waals surface area contributed by atoms with Gasteiger partial charge in [-0.3, -0.25) is 40.5 Å². The molecule has 0 aliphatic heterocycles. The molecule has 1 aliphatic carbocycles. The van der Waals surface area contributed by atoms with Crippen LogP contribution in [0.3, 0.4) is 0 Å². The summed E-state index contributed by atoms with van der Waals surface area (Å²) in [7, 11) is 0. The third-order valence-electron chi connectivity index (χ3n) is 5.06. The highest BCUT2D eigenvalue weighted by atomic mass is 19.1. The van der Waals surface area contributed by atoms with Crippen LogP contribution in [0.15, 0.2) is 48.5 Å². The lowest BCUT2D eigenvalue weighted by molar-refractivity contribution is -0.395. The molecular weight excluding hydrogens is 443 g/mol. The lowest BCUT2D eigenvalue weighted by Crippen LogP contribution is -1.99. The zero-order valence-corrected chi connectivity index (χ0v) is 16.1. The van der Waals surface area contributed by atoms with Gasteiger partial charge in [0.25, 0.3) is 22.7 Å². The summed E-state index contributed by atoms with van der Waals surface area (Å²) in [6.07, 6.45) is 1.18. The number of fused-ring (bicyclic) bond motifs is 3. The fraction of sp³-hybridized carbons (Fsp3) is 0. The second-order valence-electron chi connectivity index (χ2n) is 6.88. The highest BCUT2D eigenvalue weighted by Crippen LogP contribution is 2.54. The number of non-ortho nitro benzene ring substituents is 2. The molecule has 0 N–H and O–H groups in total. The van der Waals surface area contributed by atoms with Crippen molar-refractivity contribution in [3.05, 3.63) is 111 Å². The van der Waals surface area contributed by atoms with Crippen LogP contribution in [0, 0.1) is 46.3 Å². The summed E-state index contributed by atoms with van der Waals surface area (Å²) >= 11 is 0. The third-order valence-corrected chi connectivity index (χ3v) is 5.06. The third kappa shape index (κ3) is 3.42. The van der Waals surface area contributed by atoms with Crippen LogP contribution >= 0.6 is 0 Å². The van der Waals surface area contributed by atoms with Gasteiger partial charge in [-0.1, -0.05) is 18.2 Å². The van der Waals surface area contributed by atoms with E-state index in [0.29, 0.717) is 12.1 Å². The summed E-state index contributed by atoms with van der Waals surface area (Å²) in [5.41, 5.74) is -3.98. The molecule has 12 nitrogen and oxygen atoms in total. The summed E-state index contributed by atoms with van der Waals surface area (Å²) in [4.78, 5) is 42.6. The second-order valence-corrected chi connectivity index (χ2v) is 6.88. The summed E-state index contributed by atoms with van der Waals surface area (Å²) in [5, 5.41) is 46.3. The van der Waals surface area contributed by atoms with Crippen LogP contribution in [0.5, 0.6) is 0 Å². The van der Waals surface area contributed by atoms with Crippen LogP contribution in [-0.2, 0) is 0 Å². The number of rotatable bonds is 5. The highest BCUT2D eigenvalue weighted by molar-refractivity contribution is 6.12. The lowest BCUT2D eigenvalue weighted by Gasteiger charge is -2.05. The van der Waals surface area contributed by atoms with E-state index in [1.54, 1.807) is 0 Å². The Morgan fingerprint density at radius 1 is 0.667 bits per heavy atom. The summed E-state index contributed by atoms with van der Waals surface area (Å²) in [6, 6.07) is 8.58. The van der Waals surface area contributed by atoms with Crippen LogP contribution < -0.4 is 0 Å². The van der Waals surface area contributed by atoms with Gasteiger partial charge < -0.3 is 0 Å². The van der Waals surface area contributed by atoms with E-state index in [2.05, 4.69) is 0 Å². The van der Waals surface area contributed by atoms with E-state index in [4.69, 9.17) is 0 Å². The van der Waals surface area contributed by atoms with Gasteiger partial charge in [-0.15, -0.1) is 0 Å². The van der Waals surface area contributed by atoms with Gasteiger partial charge in [0.05, 0.1) is 43.0 Å². The quantitative estimate of drug-likeness (QED) is 0.299. The summed E-state index contributed by atoms with van der Waals surface area (Å²) in [5.74, 6) is -0.708. The molecular formula is C20H9FN4O8. The fourth-order valence-corrected chi connectivity index (χ4v) is 3.72. The van der Waals surface area contributed by atoms with Crippen molar-refractivity contribution in [2.24, 2.45) is 0 Å². The molecule has 0 unspecified atom stereocenters. The number of hydrogen-bond acceptors (Lipinski definition) is 8. The van der Waals surface area contributed by atoms with Gasteiger partial charge in [0, 0.05) is 28.8 Å². The van der Waals surface area contributed by atoms with Crippen molar-refractivity contribution in [1.82, 2.24) is 0 Å². The Kier molecular flexibility index (Phi) is 4.85. The van der Waals surface area contributed by atoms with E-state index in [1.807, 2.05) is 0 Å². The Hall–Kier alpha value is -5.07. The van der Waals surface area contributed by atoms with Crippen LogP contribution in [-0.4, -0.2) is 19.7 Å². The SMILES string of the molecule is O=[N+]([O-])c1cc2c(c([N+](=O)[O-])c1)-c1c(cc([N+](=O)[O-])cc1[N+](=O)[O-])C2=Cc1ccccc1F. The number of hydrogen-bond donors (Lipinski definition) is 0. The molecule has 0 heterocycles. The predicted octanol–water partition coefficient (Wildman–Crippen LogP) is 5.03. The molecule has 0 atom stereocenters. The zero-order valence-electron chi connectivity index (χ0n) is 16.1. The van der Waals surface area contributed by atoms with Gasteiger partial charge in [0.1, 0.15) is 5.82 Å². The van der Waals surface area contributed by atoms with E-state index in [-0.39, 0.29) is 33.4 Å². The van der Waals surface area contributed by atoms with Crippen molar-refractivity contribution < 1.29 is 24.1 Å². The average molecular weight is 452 g/mol. The Bertz CT molecular complexity index is 1370. The maximum absolute atomic E-state index is 14.3. The first-order valence-corrected chi connectivity index (χ1v) is 9.01. The van der Waals surface area contributed by atoms with Gasteiger partial charge in [-0.25, -0.2) is 4.39 Å². The molecule has 0 aromatic heterocycles. The van der Waals surface area contributed by atoms with Gasteiger partial charge in [-0.05, 0) is 17.7 Å². The first-order chi connectivity index (χ1) is 15.6. The number of nitro benzene ring substituents is 4. The molecule has 13 heteroatoms. The van der Waals surface area contributed by atoms with Crippen molar-refractivity contribution >= 4 is 34.4 Å². The number of benzene rings is 3. The maximum Gasteiger partial charge on any atom is 0.284 e. The second kappa shape index (κ2) is 7.56. The standard InChI is InChI=1S/C20H9FN4O8/c21-16-4-2-1-3-10(16)5-13-14-6-11(22(26)27)8-17(24(30)31)19(14)20-15(13)7-12(23(28)29)9-18(20)25(32)33/h1-9H. The maximum atomic E-state index is 14.3. The Morgan fingerprint density at radius 3 is 1.52 bits per heavy atom. The van der Waals surface area contributed by atoms with Gasteiger partial charge in [0.2, 0.25) is 0 Å². The normalized spacial score (nSPS) is 11.5. The van der Waals surface area contributed by atoms with Crippen LogP contribution in [0.2, 0.25) is 0 Å². The molecule has 0 radical (unpaired) electrons. The Labute approximate surface area is 181 Å². The molecule has 0 amide bonds. The van der Waals surface area contributed by atoms with Crippen molar-refractivity contribution in [3.8, 4) is 11.1 Å². The monoisotopic (exact) mass is 452 g/mol. The van der Waals surface area contributed by atoms with Crippen LogP contribution in [0.1, 0.15) is 16.7 Å². The van der Waals surface area contributed by atoms with Crippen molar-refractivity contribution in [1.29, 1.82) is 0 Å². The minimum absolute atomic E-state index is 0.0328. The molecule has 164 valence electrons. The average Bonchev–Trinajstić information content (AvgIpc) is 3.07. The molecule has 1 aliphatic rings. The van der Waals surface area contributed by atoms with E-state index in [0.717, 1.165) is 18.2 Å². The first-order valence-electron chi connectivity index (χ1n) is 9.01. The highest BCUT2D eigenvalue weighted by Gasteiger charge is 2.40. The van der Waals surface area contributed by atoms with E-state index >= 15 is 0 Å². The molecule has 0 fully saturated rings.